The molecule has 6 nitrogen and oxygen atoms in total. The number of hydrogen-bond acceptors (Lipinski definition) is 5. The molecule has 2 aromatic heterocycles. The predicted molar refractivity (Wildman–Crippen MR) is 106 cm³/mol. The van der Waals surface area contributed by atoms with Gasteiger partial charge in [-0.25, -0.2) is 4.98 Å². The van der Waals surface area contributed by atoms with Gasteiger partial charge in [0.15, 0.2) is 4.96 Å². The van der Waals surface area contributed by atoms with Crippen molar-refractivity contribution >= 4 is 33.8 Å². The fourth-order valence-corrected chi connectivity index (χ4v) is 4.21. The second kappa shape index (κ2) is 7.80. The number of carbonyl (C=O) groups excluding carboxylic acids is 1. The molecule has 1 aliphatic rings. The summed E-state index contributed by atoms with van der Waals surface area (Å²) in [7, 11) is 0. The smallest absolute Gasteiger partial charge is 0.258 e. The number of aromatic nitrogens is 2. The van der Waals surface area contributed by atoms with Crippen LogP contribution in [-0.4, -0.2) is 51.3 Å². The van der Waals surface area contributed by atoms with E-state index in [4.69, 9.17) is 11.6 Å². The first-order valence-electron chi connectivity index (χ1n) is 8.79. The molecular weight excluding hydrogens is 384 g/mol. The molecular formula is C19H19ClN4O2S. The normalized spacial score (nSPS) is 15.4. The fraction of sp³-hybridized carbons (Fsp3) is 0.316. The largest absolute Gasteiger partial charge is 0.340 e. The number of halogens is 1. The number of thiazole rings is 1. The molecule has 0 N–H and O–H groups in total. The summed E-state index contributed by atoms with van der Waals surface area (Å²) >= 11 is 7.61. The Balaban J connectivity index is 1.35. The lowest BCUT2D eigenvalue weighted by atomic mass is 10.1. The molecule has 0 bridgehead atoms. The number of rotatable bonds is 4. The van der Waals surface area contributed by atoms with Gasteiger partial charge < -0.3 is 4.90 Å². The number of benzene rings is 1. The van der Waals surface area contributed by atoms with Crippen LogP contribution in [0, 0.1) is 0 Å². The summed E-state index contributed by atoms with van der Waals surface area (Å²) in [5, 5.41) is 2.49. The molecule has 1 fully saturated rings. The highest BCUT2D eigenvalue weighted by Crippen LogP contribution is 2.17. The number of hydrogen-bond donors (Lipinski definition) is 0. The average molecular weight is 403 g/mol. The number of carbonyl (C=O) groups is 1. The van der Waals surface area contributed by atoms with Crippen molar-refractivity contribution in [3.63, 3.8) is 0 Å². The summed E-state index contributed by atoms with van der Waals surface area (Å²) in [6, 6.07) is 9.05. The van der Waals surface area contributed by atoms with E-state index >= 15 is 0 Å². The molecule has 0 radical (unpaired) electrons. The molecule has 8 heteroatoms. The standard InChI is InChI=1S/C19H19ClN4O2S/c20-16-4-2-1-3-14(16)11-17(25)23-7-5-22(6-8-23)13-15-12-18(26)24-9-10-27-19(24)21-15/h1-4,9-10,12H,5-8,11,13H2. The minimum atomic E-state index is -0.0511. The molecule has 3 aromatic rings. The predicted octanol–water partition coefficient (Wildman–Crippen LogP) is 2.30. The van der Waals surface area contributed by atoms with Gasteiger partial charge in [0.25, 0.3) is 5.56 Å². The Morgan fingerprint density at radius 2 is 1.96 bits per heavy atom. The maximum Gasteiger partial charge on any atom is 0.258 e. The molecule has 0 spiro atoms. The zero-order valence-corrected chi connectivity index (χ0v) is 16.2. The lowest BCUT2D eigenvalue weighted by Crippen LogP contribution is -2.48. The SMILES string of the molecule is O=C(Cc1ccccc1Cl)N1CCN(Cc2cc(=O)n3ccsc3n2)CC1. The molecule has 4 rings (SSSR count). The van der Waals surface area contributed by atoms with Gasteiger partial charge in [0.2, 0.25) is 5.91 Å². The molecule has 140 valence electrons. The lowest BCUT2D eigenvalue weighted by molar-refractivity contribution is -0.132. The van der Waals surface area contributed by atoms with Gasteiger partial charge in [0, 0.05) is 55.4 Å². The van der Waals surface area contributed by atoms with Crippen LogP contribution in [0.25, 0.3) is 4.96 Å². The van der Waals surface area contributed by atoms with Crippen LogP contribution in [0.15, 0.2) is 46.7 Å². The van der Waals surface area contributed by atoms with Crippen molar-refractivity contribution in [1.82, 2.24) is 19.2 Å². The monoisotopic (exact) mass is 402 g/mol. The Hall–Kier alpha value is -2.22. The van der Waals surface area contributed by atoms with Crippen molar-refractivity contribution in [3.8, 4) is 0 Å². The third-order valence-corrected chi connectivity index (χ3v) is 5.89. The third-order valence-electron chi connectivity index (χ3n) is 4.77. The first kappa shape index (κ1) is 18.2. The van der Waals surface area contributed by atoms with Gasteiger partial charge in [-0.15, -0.1) is 11.3 Å². The van der Waals surface area contributed by atoms with Crippen LogP contribution in [0.4, 0.5) is 0 Å². The van der Waals surface area contributed by atoms with Crippen molar-refractivity contribution in [2.45, 2.75) is 13.0 Å². The zero-order chi connectivity index (χ0) is 18.8. The van der Waals surface area contributed by atoms with E-state index < -0.39 is 0 Å². The van der Waals surface area contributed by atoms with E-state index in [-0.39, 0.29) is 11.5 Å². The first-order chi connectivity index (χ1) is 13.1. The van der Waals surface area contributed by atoms with Gasteiger partial charge in [0.1, 0.15) is 0 Å². The molecule has 0 atom stereocenters. The Kier molecular flexibility index (Phi) is 5.24. The van der Waals surface area contributed by atoms with E-state index in [9.17, 15) is 9.59 Å². The molecule has 1 amide bonds. The quantitative estimate of drug-likeness (QED) is 0.672. The summed E-state index contributed by atoms with van der Waals surface area (Å²) < 4.78 is 1.56. The van der Waals surface area contributed by atoms with Crippen LogP contribution in [0.2, 0.25) is 5.02 Å². The first-order valence-corrected chi connectivity index (χ1v) is 10.1. The maximum absolute atomic E-state index is 12.5. The highest BCUT2D eigenvalue weighted by molar-refractivity contribution is 7.15. The Morgan fingerprint density at radius 1 is 1.19 bits per heavy atom. The van der Waals surface area contributed by atoms with E-state index in [1.54, 1.807) is 16.7 Å². The van der Waals surface area contributed by atoms with Crippen molar-refractivity contribution in [2.75, 3.05) is 26.2 Å². The molecule has 0 aliphatic carbocycles. The highest BCUT2D eigenvalue weighted by Gasteiger charge is 2.22. The topological polar surface area (TPSA) is 57.9 Å². The van der Waals surface area contributed by atoms with Crippen LogP contribution in [0.5, 0.6) is 0 Å². The number of nitrogens with zero attached hydrogens (tertiary/aromatic N) is 4. The molecule has 0 unspecified atom stereocenters. The van der Waals surface area contributed by atoms with E-state index in [1.807, 2.05) is 34.5 Å². The lowest BCUT2D eigenvalue weighted by Gasteiger charge is -2.34. The Labute approximate surface area is 165 Å². The van der Waals surface area contributed by atoms with Crippen molar-refractivity contribution in [3.05, 3.63) is 68.5 Å². The van der Waals surface area contributed by atoms with Crippen molar-refractivity contribution in [2.24, 2.45) is 0 Å². The summed E-state index contributed by atoms with van der Waals surface area (Å²) in [5.74, 6) is 0.0964. The second-order valence-corrected chi connectivity index (χ2v) is 7.85. The van der Waals surface area contributed by atoms with E-state index in [0.29, 0.717) is 36.0 Å². The minimum Gasteiger partial charge on any atom is -0.340 e. The molecule has 0 saturated carbocycles. The zero-order valence-electron chi connectivity index (χ0n) is 14.7. The summed E-state index contributed by atoms with van der Waals surface area (Å²) in [4.78, 5) is 34.0. The van der Waals surface area contributed by atoms with Crippen LogP contribution >= 0.6 is 22.9 Å². The number of amides is 1. The van der Waals surface area contributed by atoms with Crippen LogP contribution in [-0.2, 0) is 17.8 Å². The van der Waals surface area contributed by atoms with E-state index in [1.165, 1.54) is 11.3 Å². The number of fused-ring (bicyclic) bond motifs is 1. The van der Waals surface area contributed by atoms with Crippen molar-refractivity contribution < 1.29 is 4.79 Å². The number of piperazine rings is 1. The van der Waals surface area contributed by atoms with E-state index in [0.717, 1.165) is 24.3 Å². The summed E-state index contributed by atoms with van der Waals surface area (Å²) in [6.45, 7) is 3.49. The van der Waals surface area contributed by atoms with Crippen LogP contribution in [0.1, 0.15) is 11.3 Å². The molecule has 1 aromatic carbocycles. The third kappa shape index (κ3) is 4.05. The van der Waals surface area contributed by atoms with Gasteiger partial charge in [-0.2, -0.15) is 0 Å². The van der Waals surface area contributed by atoms with Crippen molar-refractivity contribution in [1.29, 1.82) is 0 Å². The Bertz CT molecular complexity index is 1020. The molecule has 1 saturated heterocycles. The Morgan fingerprint density at radius 3 is 2.74 bits per heavy atom. The van der Waals surface area contributed by atoms with Crippen LogP contribution in [0.3, 0.4) is 0 Å². The summed E-state index contributed by atoms with van der Waals surface area (Å²) in [6.07, 6.45) is 2.07. The molecule has 27 heavy (non-hydrogen) atoms. The molecule has 3 heterocycles. The highest BCUT2D eigenvalue weighted by atomic mass is 35.5. The average Bonchev–Trinajstić information content (AvgIpc) is 3.13. The van der Waals surface area contributed by atoms with E-state index in [2.05, 4.69) is 9.88 Å². The molecule has 1 aliphatic heterocycles. The van der Waals surface area contributed by atoms with Gasteiger partial charge in [0.05, 0.1) is 12.1 Å². The minimum absolute atomic E-state index is 0.0511. The summed E-state index contributed by atoms with van der Waals surface area (Å²) in [5.41, 5.74) is 1.59. The second-order valence-electron chi connectivity index (χ2n) is 6.57. The van der Waals surface area contributed by atoms with Gasteiger partial charge >= 0.3 is 0 Å². The maximum atomic E-state index is 12.5. The van der Waals surface area contributed by atoms with Crippen LogP contribution < -0.4 is 5.56 Å². The van der Waals surface area contributed by atoms with Gasteiger partial charge in [-0.1, -0.05) is 29.8 Å². The fourth-order valence-electron chi connectivity index (χ4n) is 3.27. The van der Waals surface area contributed by atoms with Gasteiger partial charge in [-0.3, -0.25) is 18.9 Å². The van der Waals surface area contributed by atoms with Gasteiger partial charge in [-0.05, 0) is 11.6 Å².